The van der Waals surface area contributed by atoms with Crippen LogP contribution in [0, 0.1) is 11.3 Å². The summed E-state index contributed by atoms with van der Waals surface area (Å²) >= 11 is 0. The molecule has 1 saturated heterocycles. The van der Waals surface area contributed by atoms with Crippen molar-refractivity contribution in [1.82, 2.24) is 9.97 Å². The lowest BCUT2D eigenvalue weighted by atomic mass is 10.2. The van der Waals surface area contributed by atoms with Gasteiger partial charge in [-0.25, -0.2) is 4.98 Å². The first-order valence-corrected chi connectivity index (χ1v) is 5.59. The standard InChI is InChI=1S/C12H12N4O/c13-7-9-8-14-12-10(9)1-2-11(15-12)16-3-5-17-6-4-16/h1-2,8H,3-6H2,(H,14,15). The molecule has 17 heavy (non-hydrogen) atoms. The first-order chi connectivity index (χ1) is 8.38. The molecule has 5 heteroatoms. The van der Waals surface area contributed by atoms with Crippen LogP contribution in [0.1, 0.15) is 5.56 Å². The normalized spacial score (nSPS) is 16.1. The third kappa shape index (κ3) is 1.73. The summed E-state index contributed by atoms with van der Waals surface area (Å²) in [7, 11) is 0. The highest BCUT2D eigenvalue weighted by atomic mass is 16.5. The molecule has 86 valence electrons. The fourth-order valence-corrected chi connectivity index (χ4v) is 2.06. The molecule has 0 unspecified atom stereocenters. The molecule has 0 aromatic carbocycles. The van der Waals surface area contributed by atoms with E-state index >= 15 is 0 Å². The van der Waals surface area contributed by atoms with Crippen LogP contribution < -0.4 is 4.90 Å². The van der Waals surface area contributed by atoms with Crippen LogP contribution in [-0.2, 0) is 4.74 Å². The predicted molar refractivity (Wildman–Crippen MR) is 63.8 cm³/mol. The molecule has 5 nitrogen and oxygen atoms in total. The fourth-order valence-electron chi connectivity index (χ4n) is 2.06. The maximum absolute atomic E-state index is 8.92. The van der Waals surface area contributed by atoms with E-state index in [0.29, 0.717) is 5.56 Å². The average molecular weight is 228 g/mol. The van der Waals surface area contributed by atoms with Crippen LogP contribution in [0.25, 0.3) is 11.0 Å². The van der Waals surface area contributed by atoms with Gasteiger partial charge in [0.2, 0.25) is 0 Å². The second kappa shape index (κ2) is 4.07. The molecular weight excluding hydrogens is 216 g/mol. The lowest BCUT2D eigenvalue weighted by Crippen LogP contribution is -2.36. The number of hydrogen-bond donors (Lipinski definition) is 1. The van der Waals surface area contributed by atoms with Gasteiger partial charge in [-0.15, -0.1) is 0 Å². The lowest BCUT2D eigenvalue weighted by Gasteiger charge is -2.27. The molecule has 0 saturated carbocycles. The third-order valence-corrected chi connectivity index (χ3v) is 2.98. The van der Waals surface area contributed by atoms with Crippen LogP contribution >= 0.6 is 0 Å². The van der Waals surface area contributed by atoms with Gasteiger partial charge in [-0.1, -0.05) is 0 Å². The SMILES string of the molecule is N#Cc1c[nH]c2nc(N3CCOCC3)ccc12. The van der Waals surface area contributed by atoms with Crippen molar-refractivity contribution in [2.24, 2.45) is 0 Å². The molecule has 1 N–H and O–H groups in total. The van der Waals surface area contributed by atoms with Gasteiger partial charge in [0.05, 0.1) is 18.8 Å². The molecule has 0 aliphatic carbocycles. The van der Waals surface area contributed by atoms with Crippen LogP contribution in [0.2, 0.25) is 0 Å². The van der Waals surface area contributed by atoms with Gasteiger partial charge in [-0.3, -0.25) is 0 Å². The Hall–Kier alpha value is -2.06. The van der Waals surface area contributed by atoms with Crippen molar-refractivity contribution in [3.8, 4) is 6.07 Å². The van der Waals surface area contributed by atoms with Crippen LogP contribution in [0.5, 0.6) is 0 Å². The van der Waals surface area contributed by atoms with Gasteiger partial charge in [-0.2, -0.15) is 5.26 Å². The molecule has 3 heterocycles. The Morgan fingerprint density at radius 1 is 1.35 bits per heavy atom. The monoisotopic (exact) mass is 228 g/mol. The van der Waals surface area contributed by atoms with Gasteiger partial charge < -0.3 is 14.6 Å². The van der Waals surface area contributed by atoms with E-state index in [0.717, 1.165) is 43.2 Å². The molecular formula is C12H12N4O. The first-order valence-electron chi connectivity index (χ1n) is 5.59. The zero-order valence-electron chi connectivity index (χ0n) is 9.31. The molecule has 2 aromatic rings. The van der Waals surface area contributed by atoms with Gasteiger partial charge in [0, 0.05) is 24.7 Å². The van der Waals surface area contributed by atoms with Crippen molar-refractivity contribution in [2.45, 2.75) is 0 Å². The number of anilines is 1. The number of H-pyrrole nitrogens is 1. The van der Waals surface area contributed by atoms with Crippen molar-refractivity contribution >= 4 is 16.9 Å². The Labute approximate surface area is 98.6 Å². The molecule has 2 aromatic heterocycles. The molecule has 1 aliphatic heterocycles. The summed E-state index contributed by atoms with van der Waals surface area (Å²) in [5.41, 5.74) is 1.41. The topological polar surface area (TPSA) is 64.9 Å². The van der Waals surface area contributed by atoms with E-state index in [1.54, 1.807) is 6.20 Å². The number of fused-ring (bicyclic) bond motifs is 1. The van der Waals surface area contributed by atoms with Crippen LogP contribution in [-0.4, -0.2) is 36.3 Å². The Bertz CT molecular complexity index is 578. The summed E-state index contributed by atoms with van der Waals surface area (Å²) in [6, 6.07) is 6.05. The second-order valence-corrected chi connectivity index (χ2v) is 3.98. The van der Waals surface area contributed by atoms with Crippen molar-refractivity contribution in [2.75, 3.05) is 31.2 Å². The molecule has 3 rings (SSSR count). The van der Waals surface area contributed by atoms with E-state index in [4.69, 9.17) is 10.00 Å². The number of pyridine rings is 1. The molecule has 0 radical (unpaired) electrons. The Morgan fingerprint density at radius 3 is 2.94 bits per heavy atom. The van der Waals surface area contributed by atoms with E-state index in [1.165, 1.54) is 0 Å². The first kappa shape index (κ1) is 10.1. The summed E-state index contributed by atoms with van der Waals surface area (Å²) in [6.07, 6.45) is 1.70. The maximum atomic E-state index is 8.92. The van der Waals surface area contributed by atoms with Gasteiger partial charge in [0.1, 0.15) is 17.5 Å². The number of morpholine rings is 1. The number of aromatic nitrogens is 2. The number of nitriles is 1. The predicted octanol–water partition coefficient (Wildman–Crippen LogP) is 1.27. The lowest BCUT2D eigenvalue weighted by molar-refractivity contribution is 0.122. The summed E-state index contributed by atoms with van der Waals surface area (Å²) < 4.78 is 5.31. The minimum atomic E-state index is 0.640. The van der Waals surface area contributed by atoms with Gasteiger partial charge >= 0.3 is 0 Å². The largest absolute Gasteiger partial charge is 0.378 e. The number of aromatic amines is 1. The Balaban J connectivity index is 1.99. The number of nitrogens with zero attached hydrogens (tertiary/aromatic N) is 3. The van der Waals surface area contributed by atoms with Crippen molar-refractivity contribution < 1.29 is 4.74 Å². The van der Waals surface area contributed by atoms with Crippen LogP contribution in [0.4, 0.5) is 5.82 Å². The van der Waals surface area contributed by atoms with Crippen molar-refractivity contribution in [3.05, 3.63) is 23.9 Å². The van der Waals surface area contributed by atoms with Crippen LogP contribution in [0.3, 0.4) is 0 Å². The molecule has 1 fully saturated rings. The Kier molecular flexibility index (Phi) is 2.42. The molecule has 1 aliphatic rings. The molecule has 0 bridgehead atoms. The number of ether oxygens (including phenoxy) is 1. The van der Waals surface area contributed by atoms with Gasteiger partial charge in [-0.05, 0) is 12.1 Å². The summed E-state index contributed by atoms with van der Waals surface area (Å²) in [4.78, 5) is 9.75. The van der Waals surface area contributed by atoms with Crippen LogP contribution in [0.15, 0.2) is 18.3 Å². The van der Waals surface area contributed by atoms with Crippen molar-refractivity contribution in [1.29, 1.82) is 5.26 Å². The average Bonchev–Trinajstić information content (AvgIpc) is 2.81. The highest BCUT2D eigenvalue weighted by molar-refractivity contribution is 5.83. The zero-order valence-corrected chi connectivity index (χ0v) is 9.31. The van der Waals surface area contributed by atoms with E-state index in [2.05, 4.69) is 20.9 Å². The number of hydrogen-bond acceptors (Lipinski definition) is 4. The number of rotatable bonds is 1. The molecule has 0 atom stereocenters. The van der Waals surface area contributed by atoms with Gasteiger partial charge in [0.15, 0.2) is 0 Å². The van der Waals surface area contributed by atoms with E-state index in [1.807, 2.05) is 12.1 Å². The maximum Gasteiger partial charge on any atom is 0.141 e. The zero-order chi connectivity index (χ0) is 11.7. The highest BCUT2D eigenvalue weighted by Crippen LogP contribution is 2.20. The number of nitrogens with one attached hydrogen (secondary N) is 1. The van der Waals surface area contributed by atoms with E-state index in [9.17, 15) is 0 Å². The second-order valence-electron chi connectivity index (χ2n) is 3.98. The fraction of sp³-hybridized carbons (Fsp3) is 0.333. The minimum Gasteiger partial charge on any atom is -0.378 e. The van der Waals surface area contributed by atoms with Crippen molar-refractivity contribution in [3.63, 3.8) is 0 Å². The summed E-state index contributed by atoms with van der Waals surface area (Å²) in [6.45, 7) is 3.22. The molecule has 0 spiro atoms. The summed E-state index contributed by atoms with van der Waals surface area (Å²) in [5.74, 6) is 0.937. The van der Waals surface area contributed by atoms with E-state index in [-0.39, 0.29) is 0 Å². The molecule has 0 amide bonds. The Morgan fingerprint density at radius 2 is 2.18 bits per heavy atom. The minimum absolute atomic E-state index is 0.640. The quantitative estimate of drug-likeness (QED) is 0.798. The third-order valence-electron chi connectivity index (χ3n) is 2.98. The van der Waals surface area contributed by atoms with E-state index < -0.39 is 0 Å². The smallest absolute Gasteiger partial charge is 0.141 e. The summed E-state index contributed by atoms with van der Waals surface area (Å²) in [5, 5.41) is 9.80. The highest BCUT2D eigenvalue weighted by Gasteiger charge is 2.13. The van der Waals surface area contributed by atoms with Gasteiger partial charge in [0.25, 0.3) is 0 Å².